The normalized spacial score (nSPS) is 10.7. The van der Waals surface area contributed by atoms with Gasteiger partial charge in [-0.1, -0.05) is 12.1 Å². The third-order valence-corrected chi connectivity index (χ3v) is 3.37. The summed E-state index contributed by atoms with van der Waals surface area (Å²) in [6, 6.07) is 11.7. The first kappa shape index (κ1) is 13.1. The van der Waals surface area contributed by atoms with E-state index in [0.29, 0.717) is 11.3 Å². The Kier molecular flexibility index (Phi) is 3.02. The Bertz CT molecular complexity index is 743. The fourth-order valence-electron chi connectivity index (χ4n) is 2.08. The molecule has 0 fully saturated rings. The van der Waals surface area contributed by atoms with Gasteiger partial charge in [-0.15, -0.1) is 0 Å². The van der Waals surface area contributed by atoms with Crippen LogP contribution in [-0.2, 0) is 0 Å². The molecule has 0 aliphatic carbocycles. The van der Waals surface area contributed by atoms with E-state index in [4.69, 9.17) is 0 Å². The molecule has 5 nitrogen and oxygen atoms in total. The molecule has 106 valence electrons. The van der Waals surface area contributed by atoms with Crippen molar-refractivity contribution in [1.29, 1.82) is 0 Å². The lowest BCUT2D eigenvalue weighted by atomic mass is 10.1. The Morgan fingerprint density at radius 2 is 1.52 bits per heavy atom. The molecule has 5 heteroatoms. The van der Waals surface area contributed by atoms with Gasteiger partial charge < -0.3 is 15.3 Å². The van der Waals surface area contributed by atoms with Crippen molar-refractivity contribution in [3.8, 4) is 39.8 Å². The minimum absolute atomic E-state index is 0.169. The molecule has 2 aromatic carbocycles. The average molecular weight is 282 g/mol. The Labute approximate surface area is 121 Å². The van der Waals surface area contributed by atoms with E-state index in [0.717, 1.165) is 16.8 Å². The summed E-state index contributed by atoms with van der Waals surface area (Å²) in [5, 5.41) is 35.7. The monoisotopic (exact) mass is 282 g/mol. The van der Waals surface area contributed by atoms with Crippen LogP contribution in [0, 0.1) is 6.92 Å². The van der Waals surface area contributed by atoms with Crippen molar-refractivity contribution in [1.82, 2.24) is 10.2 Å². The third-order valence-electron chi connectivity index (χ3n) is 3.37. The number of hydrogen-bond donors (Lipinski definition) is 4. The van der Waals surface area contributed by atoms with Gasteiger partial charge in [-0.05, 0) is 42.8 Å². The SMILES string of the molecule is Cc1ccc(-c2cc(-c3ccc(O)c(O)c3)n[nH]2)cc1O. The number of aromatic amines is 1. The number of nitrogens with one attached hydrogen (secondary N) is 1. The first-order chi connectivity index (χ1) is 10.0. The first-order valence-electron chi connectivity index (χ1n) is 6.42. The minimum atomic E-state index is -0.190. The van der Waals surface area contributed by atoms with Crippen LogP contribution in [0.5, 0.6) is 17.2 Å². The summed E-state index contributed by atoms with van der Waals surface area (Å²) in [6.07, 6.45) is 0. The number of rotatable bonds is 2. The highest BCUT2D eigenvalue weighted by Crippen LogP contribution is 2.32. The van der Waals surface area contributed by atoms with Gasteiger partial charge in [-0.2, -0.15) is 5.10 Å². The van der Waals surface area contributed by atoms with Crippen molar-refractivity contribution in [2.24, 2.45) is 0 Å². The molecular weight excluding hydrogens is 268 g/mol. The number of aromatic hydroxyl groups is 3. The molecule has 0 saturated heterocycles. The third kappa shape index (κ3) is 2.41. The molecule has 4 N–H and O–H groups in total. The lowest BCUT2D eigenvalue weighted by Crippen LogP contribution is -1.80. The van der Waals surface area contributed by atoms with Crippen LogP contribution in [-0.4, -0.2) is 25.5 Å². The second kappa shape index (κ2) is 4.86. The molecular formula is C16H14N2O3. The van der Waals surface area contributed by atoms with E-state index in [1.165, 1.54) is 12.1 Å². The average Bonchev–Trinajstić information content (AvgIpc) is 2.94. The number of nitrogens with zero attached hydrogens (tertiary/aromatic N) is 1. The molecule has 0 atom stereocenters. The Morgan fingerprint density at radius 3 is 2.24 bits per heavy atom. The molecule has 21 heavy (non-hydrogen) atoms. The Hall–Kier alpha value is -2.95. The lowest BCUT2D eigenvalue weighted by Gasteiger charge is -2.01. The summed E-state index contributed by atoms with van der Waals surface area (Å²) in [6.45, 7) is 1.83. The maximum atomic E-state index is 9.76. The number of hydrogen-bond acceptors (Lipinski definition) is 4. The fourth-order valence-corrected chi connectivity index (χ4v) is 2.08. The van der Waals surface area contributed by atoms with Gasteiger partial charge in [0.2, 0.25) is 0 Å². The zero-order valence-corrected chi connectivity index (χ0v) is 11.3. The largest absolute Gasteiger partial charge is 0.508 e. The number of benzene rings is 2. The van der Waals surface area contributed by atoms with E-state index in [9.17, 15) is 15.3 Å². The minimum Gasteiger partial charge on any atom is -0.508 e. The second-order valence-electron chi connectivity index (χ2n) is 4.87. The quantitative estimate of drug-likeness (QED) is 0.543. The summed E-state index contributed by atoms with van der Waals surface area (Å²) in [5.74, 6) is -0.131. The molecule has 0 aliphatic heterocycles. The highest BCUT2D eigenvalue weighted by molar-refractivity contribution is 5.70. The van der Waals surface area contributed by atoms with E-state index in [-0.39, 0.29) is 17.2 Å². The maximum absolute atomic E-state index is 9.76. The molecule has 0 spiro atoms. The first-order valence-corrected chi connectivity index (χ1v) is 6.42. The molecule has 0 bridgehead atoms. The van der Waals surface area contributed by atoms with Crippen LogP contribution < -0.4 is 0 Å². The topological polar surface area (TPSA) is 89.4 Å². The Morgan fingerprint density at radius 1 is 0.810 bits per heavy atom. The standard InChI is InChI=1S/C16H14N2O3/c1-9-2-3-10(6-15(9)20)12-8-13(18-17-12)11-4-5-14(19)16(21)7-11/h2-8,19-21H,1H3,(H,17,18). The van der Waals surface area contributed by atoms with Gasteiger partial charge in [0.15, 0.2) is 11.5 Å². The molecule has 0 aliphatic rings. The molecule has 3 aromatic rings. The van der Waals surface area contributed by atoms with Gasteiger partial charge in [0.05, 0.1) is 11.4 Å². The summed E-state index contributed by atoms with van der Waals surface area (Å²) in [4.78, 5) is 0. The fraction of sp³-hybridized carbons (Fsp3) is 0.0625. The zero-order valence-electron chi connectivity index (χ0n) is 11.3. The highest BCUT2D eigenvalue weighted by atomic mass is 16.3. The van der Waals surface area contributed by atoms with Crippen LogP contribution in [0.15, 0.2) is 42.5 Å². The van der Waals surface area contributed by atoms with Gasteiger partial charge in [0, 0.05) is 11.1 Å². The summed E-state index contributed by atoms with van der Waals surface area (Å²) in [5.41, 5.74) is 3.71. The number of aryl methyl sites for hydroxylation is 1. The van der Waals surface area contributed by atoms with Crippen molar-refractivity contribution in [2.75, 3.05) is 0 Å². The number of phenols is 3. The van der Waals surface area contributed by atoms with Crippen LogP contribution in [0.4, 0.5) is 0 Å². The summed E-state index contributed by atoms with van der Waals surface area (Å²) >= 11 is 0. The zero-order chi connectivity index (χ0) is 15.0. The molecule has 0 radical (unpaired) electrons. The van der Waals surface area contributed by atoms with Gasteiger partial charge in [-0.25, -0.2) is 0 Å². The molecule has 0 saturated carbocycles. The number of H-pyrrole nitrogens is 1. The predicted molar refractivity (Wildman–Crippen MR) is 79.2 cm³/mol. The second-order valence-corrected chi connectivity index (χ2v) is 4.87. The predicted octanol–water partition coefficient (Wildman–Crippen LogP) is 3.17. The Balaban J connectivity index is 1.99. The lowest BCUT2D eigenvalue weighted by molar-refractivity contribution is 0.404. The molecule has 1 aromatic heterocycles. The van der Waals surface area contributed by atoms with Crippen molar-refractivity contribution in [2.45, 2.75) is 6.92 Å². The van der Waals surface area contributed by atoms with Gasteiger partial charge in [0.1, 0.15) is 5.75 Å². The van der Waals surface area contributed by atoms with Crippen LogP contribution in [0.1, 0.15) is 5.56 Å². The number of aromatic nitrogens is 2. The van der Waals surface area contributed by atoms with Crippen molar-refractivity contribution in [3.05, 3.63) is 48.0 Å². The van der Waals surface area contributed by atoms with Crippen LogP contribution in [0.25, 0.3) is 22.5 Å². The summed E-state index contributed by atoms with van der Waals surface area (Å²) < 4.78 is 0. The highest BCUT2D eigenvalue weighted by Gasteiger charge is 2.09. The van der Waals surface area contributed by atoms with E-state index in [1.807, 2.05) is 25.1 Å². The molecule has 3 rings (SSSR count). The summed E-state index contributed by atoms with van der Waals surface area (Å²) in [7, 11) is 0. The van der Waals surface area contributed by atoms with Crippen molar-refractivity contribution < 1.29 is 15.3 Å². The molecule has 0 unspecified atom stereocenters. The van der Waals surface area contributed by atoms with Gasteiger partial charge in [0.25, 0.3) is 0 Å². The van der Waals surface area contributed by atoms with E-state index >= 15 is 0 Å². The molecule has 0 amide bonds. The van der Waals surface area contributed by atoms with Crippen LogP contribution in [0.3, 0.4) is 0 Å². The van der Waals surface area contributed by atoms with Crippen LogP contribution in [0.2, 0.25) is 0 Å². The van der Waals surface area contributed by atoms with E-state index < -0.39 is 0 Å². The molecule has 1 heterocycles. The number of phenolic OH excluding ortho intramolecular Hbond substituents is 3. The van der Waals surface area contributed by atoms with Crippen molar-refractivity contribution in [3.63, 3.8) is 0 Å². The van der Waals surface area contributed by atoms with Crippen molar-refractivity contribution >= 4 is 0 Å². The van der Waals surface area contributed by atoms with Crippen LogP contribution >= 0.6 is 0 Å². The van der Waals surface area contributed by atoms with Gasteiger partial charge >= 0.3 is 0 Å². The van der Waals surface area contributed by atoms with Gasteiger partial charge in [-0.3, -0.25) is 5.10 Å². The van der Waals surface area contributed by atoms with E-state index in [1.54, 1.807) is 12.1 Å². The maximum Gasteiger partial charge on any atom is 0.158 e. The van der Waals surface area contributed by atoms with E-state index in [2.05, 4.69) is 10.2 Å². The smallest absolute Gasteiger partial charge is 0.158 e.